The van der Waals surface area contributed by atoms with Gasteiger partial charge in [-0.2, -0.15) is 0 Å². The van der Waals surface area contributed by atoms with Gasteiger partial charge in [0.15, 0.2) is 0 Å². The molecule has 0 saturated heterocycles. The van der Waals surface area contributed by atoms with Crippen LogP contribution in [-0.2, 0) is 14.8 Å². The van der Waals surface area contributed by atoms with E-state index in [4.69, 9.17) is 4.74 Å². The lowest BCUT2D eigenvalue weighted by Gasteiger charge is -2.17. The number of likely N-dealkylation sites (N-methyl/N-ethyl adjacent to an activating group) is 1. The maximum absolute atomic E-state index is 11.9. The summed E-state index contributed by atoms with van der Waals surface area (Å²) in [5.41, 5.74) is 0. The first-order chi connectivity index (χ1) is 8.56. The molecular weight excluding hydrogens is 252 g/mol. The van der Waals surface area contributed by atoms with Gasteiger partial charge in [-0.05, 0) is 45.2 Å². The summed E-state index contributed by atoms with van der Waals surface area (Å²) in [4.78, 5) is 0. The fraction of sp³-hybridized carbons (Fsp3) is 1.00. The number of unbranched alkanes of at least 4 members (excludes halogenated alkanes) is 1. The molecule has 1 rings (SSSR count). The van der Waals surface area contributed by atoms with Gasteiger partial charge < -0.3 is 10.1 Å². The molecule has 1 aliphatic carbocycles. The first kappa shape index (κ1) is 15.9. The minimum Gasteiger partial charge on any atom is -0.380 e. The standard InChI is InChI=1S/C12H26N2O3S/c1-13-7-3-4-10-18(15,16)14(2)8-9-17-11-12-5-6-12/h12-13H,3-11H2,1-2H3. The van der Waals surface area contributed by atoms with Crippen molar-refractivity contribution in [3.63, 3.8) is 0 Å². The van der Waals surface area contributed by atoms with Gasteiger partial charge in [0.25, 0.3) is 0 Å². The van der Waals surface area contributed by atoms with E-state index in [0.29, 0.717) is 19.6 Å². The minimum atomic E-state index is -3.10. The Morgan fingerprint density at radius 1 is 1.33 bits per heavy atom. The van der Waals surface area contributed by atoms with E-state index in [-0.39, 0.29) is 5.75 Å². The van der Waals surface area contributed by atoms with E-state index in [1.165, 1.54) is 17.1 Å². The molecular formula is C12H26N2O3S. The second-order valence-electron chi connectivity index (χ2n) is 4.97. The Morgan fingerprint density at radius 2 is 2.06 bits per heavy atom. The second-order valence-corrected chi connectivity index (χ2v) is 7.16. The van der Waals surface area contributed by atoms with E-state index in [9.17, 15) is 8.42 Å². The van der Waals surface area contributed by atoms with Crippen LogP contribution < -0.4 is 5.32 Å². The third-order valence-electron chi connectivity index (χ3n) is 3.15. The molecule has 0 radical (unpaired) electrons. The largest absolute Gasteiger partial charge is 0.380 e. The van der Waals surface area contributed by atoms with E-state index in [1.54, 1.807) is 7.05 Å². The van der Waals surface area contributed by atoms with Crippen molar-refractivity contribution in [1.82, 2.24) is 9.62 Å². The van der Waals surface area contributed by atoms with Gasteiger partial charge in [0.1, 0.15) is 0 Å². The van der Waals surface area contributed by atoms with Crippen LogP contribution in [0.1, 0.15) is 25.7 Å². The van der Waals surface area contributed by atoms with Crippen molar-refractivity contribution in [1.29, 1.82) is 0 Å². The van der Waals surface area contributed by atoms with Crippen molar-refractivity contribution >= 4 is 10.0 Å². The van der Waals surface area contributed by atoms with Crippen molar-refractivity contribution in [3.05, 3.63) is 0 Å². The lowest BCUT2D eigenvalue weighted by molar-refractivity contribution is 0.117. The summed E-state index contributed by atoms with van der Waals surface area (Å²) in [6.07, 6.45) is 4.12. The molecule has 1 aliphatic rings. The van der Waals surface area contributed by atoms with Crippen molar-refractivity contribution in [3.8, 4) is 0 Å². The molecule has 0 aromatic heterocycles. The number of nitrogens with zero attached hydrogens (tertiary/aromatic N) is 1. The van der Waals surface area contributed by atoms with Crippen molar-refractivity contribution < 1.29 is 13.2 Å². The van der Waals surface area contributed by atoms with Gasteiger partial charge in [0.05, 0.1) is 12.4 Å². The van der Waals surface area contributed by atoms with Gasteiger partial charge in [-0.25, -0.2) is 12.7 Å². The minimum absolute atomic E-state index is 0.230. The summed E-state index contributed by atoms with van der Waals surface area (Å²) in [5, 5.41) is 3.01. The number of sulfonamides is 1. The number of hydrogen-bond donors (Lipinski definition) is 1. The Labute approximate surface area is 111 Å². The molecule has 0 bridgehead atoms. The van der Waals surface area contributed by atoms with Crippen LogP contribution in [0.4, 0.5) is 0 Å². The Morgan fingerprint density at radius 3 is 2.67 bits per heavy atom. The fourth-order valence-corrected chi connectivity index (χ4v) is 2.84. The first-order valence-electron chi connectivity index (χ1n) is 6.72. The average molecular weight is 278 g/mol. The molecule has 0 aliphatic heterocycles. The quantitative estimate of drug-likeness (QED) is 0.565. The Bertz CT molecular complexity index is 315. The highest BCUT2D eigenvalue weighted by Crippen LogP contribution is 2.28. The molecule has 0 atom stereocenters. The van der Waals surface area contributed by atoms with Crippen LogP contribution in [0.15, 0.2) is 0 Å². The zero-order valence-electron chi connectivity index (χ0n) is 11.5. The molecule has 0 amide bonds. The summed E-state index contributed by atoms with van der Waals surface area (Å²) >= 11 is 0. The summed E-state index contributed by atoms with van der Waals surface area (Å²) in [6.45, 7) is 2.61. The molecule has 108 valence electrons. The number of nitrogens with one attached hydrogen (secondary N) is 1. The molecule has 1 saturated carbocycles. The van der Waals surface area contributed by atoms with Crippen molar-refractivity contribution in [2.75, 3.05) is 46.2 Å². The zero-order valence-corrected chi connectivity index (χ0v) is 12.3. The second kappa shape index (κ2) is 8.09. The van der Waals surface area contributed by atoms with Gasteiger partial charge in [0.2, 0.25) is 10.0 Å². The predicted octanol–water partition coefficient (Wildman–Crippen LogP) is 0.674. The molecule has 0 aromatic rings. The monoisotopic (exact) mass is 278 g/mol. The maximum atomic E-state index is 11.9. The molecule has 1 N–H and O–H groups in total. The number of ether oxygens (including phenoxy) is 1. The van der Waals surface area contributed by atoms with Crippen LogP contribution in [0, 0.1) is 5.92 Å². The zero-order chi connectivity index (χ0) is 13.4. The Balaban J connectivity index is 2.10. The van der Waals surface area contributed by atoms with Gasteiger partial charge in [-0.3, -0.25) is 0 Å². The Hall–Kier alpha value is -0.170. The van der Waals surface area contributed by atoms with Crippen LogP contribution in [0.2, 0.25) is 0 Å². The highest BCUT2D eigenvalue weighted by atomic mass is 32.2. The molecule has 1 fully saturated rings. The molecule has 0 heterocycles. The number of rotatable bonds is 11. The summed E-state index contributed by atoms with van der Waals surface area (Å²) in [7, 11) is 0.405. The van der Waals surface area contributed by atoms with E-state index < -0.39 is 10.0 Å². The van der Waals surface area contributed by atoms with E-state index in [0.717, 1.165) is 25.5 Å². The van der Waals surface area contributed by atoms with Crippen LogP contribution in [0.25, 0.3) is 0 Å². The maximum Gasteiger partial charge on any atom is 0.213 e. The lowest BCUT2D eigenvalue weighted by Crippen LogP contribution is -2.32. The highest BCUT2D eigenvalue weighted by molar-refractivity contribution is 7.89. The third-order valence-corrected chi connectivity index (χ3v) is 5.09. The Kier molecular flexibility index (Phi) is 7.14. The van der Waals surface area contributed by atoms with Crippen molar-refractivity contribution in [2.45, 2.75) is 25.7 Å². The van der Waals surface area contributed by atoms with Crippen molar-refractivity contribution in [2.24, 2.45) is 5.92 Å². The van der Waals surface area contributed by atoms with Gasteiger partial charge >= 0.3 is 0 Å². The SMILES string of the molecule is CNCCCCS(=O)(=O)N(C)CCOCC1CC1. The highest BCUT2D eigenvalue weighted by Gasteiger charge is 2.21. The molecule has 0 unspecified atom stereocenters. The topological polar surface area (TPSA) is 58.6 Å². The smallest absolute Gasteiger partial charge is 0.213 e. The molecule has 0 spiro atoms. The summed E-state index contributed by atoms with van der Waals surface area (Å²) in [5.74, 6) is 0.960. The fourth-order valence-electron chi connectivity index (χ4n) is 1.61. The molecule has 5 nitrogen and oxygen atoms in total. The van der Waals surface area contributed by atoms with Gasteiger partial charge in [-0.15, -0.1) is 0 Å². The number of hydrogen-bond acceptors (Lipinski definition) is 4. The predicted molar refractivity (Wildman–Crippen MR) is 73.1 cm³/mol. The molecule has 6 heteroatoms. The van der Waals surface area contributed by atoms with Gasteiger partial charge in [-0.1, -0.05) is 0 Å². The lowest BCUT2D eigenvalue weighted by atomic mass is 10.3. The van der Waals surface area contributed by atoms with Crippen LogP contribution in [0.5, 0.6) is 0 Å². The average Bonchev–Trinajstić information content (AvgIpc) is 3.14. The van der Waals surface area contributed by atoms with E-state index >= 15 is 0 Å². The van der Waals surface area contributed by atoms with E-state index in [1.807, 2.05) is 7.05 Å². The van der Waals surface area contributed by atoms with E-state index in [2.05, 4.69) is 5.32 Å². The normalized spacial score (nSPS) is 16.4. The van der Waals surface area contributed by atoms with Gasteiger partial charge in [0, 0.05) is 20.2 Å². The van der Waals surface area contributed by atoms with Crippen LogP contribution >= 0.6 is 0 Å². The molecule has 0 aromatic carbocycles. The first-order valence-corrected chi connectivity index (χ1v) is 8.33. The molecule has 18 heavy (non-hydrogen) atoms. The third kappa shape index (κ3) is 6.68. The van der Waals surface area contributed by atoms with Crippen LogP contribution in [-0.4, -0.2) is 58.9 Å². The summed E-state index contributed by atoms with van der Waals surface area (Å²) in [6, 6.07) is 0. The van der Waals surface area contributed by atoms with Crippen LogP contribution in [0.3, 0.4) is 0 Å². The summed E-state index contributed by atoms with van der Waals surface area (Å²) < 4.78 is 30.6.